The molecule has 78 valence electrons. The van der Waals surface area contributed by atoms with Crippen LogP contribution in [0.15, 0.2) is 18.2 Å². The van der Waals surface area contributed by atoms with Crippen LogP contribution in [-0.4, -0.2) is 6.36 Å². The van der Waals surface area contributed by atoms with Crippen LogP contribution in [0, 0.1) is 0 Å². The molecule has 0 amide bonds. The van der Waals surface area contributed by atoms with Gasteiger partial charge in [0.1, 0.15) is 5.75 Å². The van der Waals surface area contributed by atoms with Crippen LogP contribution in [0.5, 0.6) is 5.75 Å². The van der Waals surface area contributed by atoms with Crippen molar-refractivity contribution in [2.24, 2.45) is 5.84 Å². The van der Waals surface area contributed by atoms with Crippen LogP contribution in [0.1, 0.15) is 0 Å². The average Bonchev–Trinajstić information content (AvgIpc) is 2.06. The van der Waals surface area contributed by atoms with E-state index in [4.69, 9.17) is 17.4 Å². The second-order valence-electron chi connectivity index (χ2n) is 2.33. The van der Waals surface area contributed by atoms with Crippen molar-refractivity contribution in [3.05, 3.63) is 23.2 Å². The maximum Gasteiger partial charge on any atom is 0.573 e. The van der Waals surface area contributed by atoms with Crippen LogP contribution in [0.3, 0.4) is 0 Å². The van der Waals surface area contributed by atoms with Gasteiger partial charge in [-0.25, -0.2) is 0 Å². The highest BCUT2D eigenvalue weighted by atomic mass is 35.5. The minimum atomic E-state index is -4.72. The largest absolute Gasteiger partial charge is 0.573 e. The molecule has 3 nitrogen and oxygen atoms in total. The minimum absolute atomic E-state index is 0.161. The maximum atomic E-state index is 11.8. The molecule has 0 saturated carbocycles. The van der Waals surface area contributed by atoms with Gasteiger partial charge in [-0.15, -0.1) is 13.2 Å². The van der Waals surface area contributed by atoms with E-state index in [1.54, 1.807) is 0 Å². The Morgan fingerprint density at radius 3 is 2.50 bits per heavy atom. The van der Waals surface area contributed by atoms with Crippen LogP contribution in [0.4, 0.5) is 18.9 Å². The lowest BCUT2D eigenvalue weighted by Gasteiger charge is -2.10. The first-order chi connectivity index (χ1) is 6.42. The van der Waals surface area contributed by atoms with Gasteiger partial charge in [0.25, 0.3) is 0 Å². The molecule has 3 N–H and O–H groups in total. The third kappa shape index (κ3) is 2.97. The van der Waals surface area contributed by atoms with Gasteiger partial charge in [-0.05, 0) is 12.1 Å². The molecular weight excluding hydrogens is 221 g/mol. The van der Waals surface area contributed by atoms with E-state index >= 15 is 0 Å². The molecule has 0 atom stereocenters. The molecule has 1 aromatic carbocycles. The third-order valence-electron chi connectivity index (χ3n) is 1.33. The van der Waals surface area contributed by atoms with Crippen molar-refractivity contribution in [3.63, 3.8) is 0 Å². The molecule has 0 aromatic heterocycles. The number of nitrogen functional groups attached to an aromatic ring is 1. The standard InChI is InChI=1S/C7H6ClF3N2O/c8-5-2-1-4(3-6(5)13-12)14-7(9,10)11/h1-3,13H,12H2. The lowest BCUT2D eigenvalue weighted by molar-refractivity contribution is -0.274. The summed E-state index contributed by atoms with van der Waals surface area (Å²) in [7, 11) is 0. The van der Waals surface area contributed by atoms with Gasteiger partial charge >= 0.3 is 6.36 Å². The summed E-state index contributed by atoms with van der Waals surface area (Å²) in [5.41, 5.74) is 2.30. The Labute approximate surface area is 82.6 Å². The van der Waals surface area contributed by atoms with E-state index in [2.05, 4.69) is 10.2 Å². The molecule has 0 bridgehead atoms. The molecule has 0 fully saturated rings. The number of hydrogen-bond acceptors (Lipinski definition) is 3. The summed E-state index contributed by atoms with van der Waals surface area (Å²) in [5.74, 6) is 4.63. The second-order valence-corrected chi connectivity index (χ2v) is 2.74. The smallest absolute Gasteiger partial charge is 0.406 e. The number of halogens is 4. The van der Waals surface area contributed by atoms with E-state index in [-0.39, 0.29) is 16.5 Å². The van der Waals surface area contributed by atoms with Gasteiger partial charge in [-0.2, -0.15) is 0 Å². The van der Waals surface area contributed by atoms with E-state index < -0.39 is 6.36 Å². The minimum Gasteiger partial charge on any atom is -0.406 e. The summed E-state index contributed by atoms with van der Waals surface area (Å²) in [4.78, 5) is 0. The zero-order valence-corrected chi connectivity index (χ0v) is 7.49. The molecule has 0 radical (unpaired) electrons. The maximum absolute atomic E-state index is 11.8. The quantitative estimate of drug-likeness (QED) is 0.602. The lowest BCUT2D eigenvalue weighted by atomic mass is 10.3. The number of nitrogens with two attached hydrogens (primary N) is 1. The van der Waals surface area contributed by atoms with E-state index in [0.29, 0.717) is 0 Å². The Morgan fingerprint density at radius 1 is 1.36 bits per heavy atom. The van der Waals surface area contributed by atoms with Crippen molar-refractivity contribution >= 4 is 17.3 Å². The number of hydrazine groups is 1. The molecule has 0 aliphatic rings. The monoisotopic (exact) mass is 226 g/mol. The summed E-state index contributed by atoms with van der Waals surface area (Å²) >= 11 is 5.59. The fraction of sp³-hybridized carbons (Fsp3) is 0.143. The number of benzene rings is 1. The van der Waals surface area contributed by atoms with E-state index in [1.807, 2.05) is 0 Å². The Bertz CT molecular complexity index is 329. The molecule has 14 heavy (non-hydrogen) atoms. The highest BCUT2D eigenvalue weighted by Gasteiger charge is 2.31. The Hall–Kier alpha value is -1.14. The Morgan fingerprint density at radius 2 is 2.00 bits per heavy atom. The zero-order chi connectivity index (χ0) is 10.8. The zero-order valence-electron chi connectivity index (χ0n) is 6.73. The predicted molar refractivity (Wildman–Crippen MR) is 45.9 cm³/mol. The normalized spacial score (nSPS) is 11.2. The van der Waals surface area contributed by atoms with E-state index in [1.165, 1.54) is 6.07 Å². The van der Waals surface area contributed by atoms with Crippen LogP contribution < -0.4 is 16.0 Å². The van der Waals surface area contributed by atoms with Gasteiger partial charge in [0.05, 0.1) is 10.7 Å². The number of hydrogen-bond donors (Lipinski definition) is 2. The molecule has 1 rings (SSSR count). The Balaban J connectivity index is 2.90. The van der Waals surface area contributed by atoms with Crippen LogP contribution in [0.2, 0.25) is 5.02 Å². The second kappa shape index (κ2) is 3.93. The summed E-state index contributed by atoms with van der Waals surface area (Å²) < 4.78 is 39.0. The molecule has 0 aliphatic heterocycles. The van der Waals surface area contributed by atoms with Crippen molar-refractivity contribution in [1.29, 1.82) is 0 Å². The van der Waals surface area contributed by atoms with Crippen LogP contribution >= 0.6 is 11.6 Å². The number of rotatable bonds is 2. The van der Waals surface area contributed by atoms with E-state index in [9.17, 15) is 13.2 Å². The summed E-state index contributed by atoms with van der Waals surface area (Å²) in [5, 5.41) is 0.210. The predicted octanol–water partition coefficient (Wildman–Crippen LogP) is 2.52. The number of alkyl halides is 3. The van der Waals surface area contributed by atoms with Crippen molar-refractivity contribution in [1.82, 2.24) is 0 Å². The first-order valence-electron chi connectivity index (χ1n) is 3.44. The molecule has 0 unspecified atom stereocenters. The summed E-state index contributed by atoms with van der Waals surface area (Å²) in [6.07, 6.45) is -4.72. The number of ether oxygens (including phenoxy) is 1. The lowest BCUT2D eigenvalue weighted by Crippen LogP contribution is -2.17. The molecule has 0 heterocycles. The van der Waals surface area contributed by atoms with Crippen molar-refractivity contribution in [3.8, 4) is 5.75 Å². The highest BCUT2D eigenvalue weighted by molar-refractivity contribution is 6.33. The SMILES string of the molecule is NNc1cc(OC(F)(F)F)ccc1Cl. The summed E-state index contributed by atoms with van der Waals surface area (Å²) in [6, 6.07) is 3.39. The fourth-order valence-corrected chi connectivity index (χ4v) is 0.984. The first-order valence-corrected chi connectivity index (χ1v) is 3.82. The number of anilines is 1. The molecule has 7 heteroatoms. The summed E-state index contributed by atoms with van der Waals surface area (Å²) in [6.45, 7) is 0. The molecule has 0 aliphatic carbocycles. The molecular formula is C7H6ClF3N2O. The van der Waals surface area contributed by atoms with Crippen LogP contribution in [0.25, 0.3) is 0 Å². The molecule has 0 saturated heterocycles. The van der Waals surface area contributed by atoms with Gasteiger partial charge in [-0.3, -0.25) is 5.84 Å². The Kier molecular flexibility index (Phi) is 3.07. The van der Waals surface area contributed by atoms with Gasteiger partial charge < -0.3 is 10.2 Å². The van der Waals surface area contributed by atoms with Gasteiger partial charge in [-0.1, -0.05) is 11.6 Å². The van der Waals surface area contributed by atoms with E-state index in [0.717, 1.165) is 12.1 Å². The fourth-order valence-electron chi connectivity index (χ4n) is 0.812. The van der Waals surface area contributed by atoms with Crippen molar-refractivity contribution < 1.29 is 17.9 Å². The van der Waals surface area contributed by atoms with Crippen molar-refractivity contribution in [2.45, 2.75) is 6.36 Å². The van der Waals surface area contributed by atoms with Gasteiger partial charge in [0, 0.05) is 6.07 Å². The molecule has 1 aromatic rings. The highest BCUT2D eigenvalue weighted by Crippen LogP contribution is 2.29. The van der Waals surface area contributed by atoms with Gasteiger partial charge in [0.2, 0.25) is 0 Å². The number of nitrogens with one attached hydrogen (secondary N) is 1. The molecule has 0 spiro atoms. The topological polar surface area (TPSA) is 47.3 Å². The third-order valence-corrected chi connectivity index (χ3v) is 1.66. The van der Waals surface area contributed by atoms with Crippen LogP contribution in [-0.2, 0) is 0 Å². The first kappa shape index (κ1) is 10.9. The van der Waals surface area contributed by atoms with Gasteiger partial charge in [0.15, 0.2) is 0 Å². The van der Waals surface area contributed by atoms with Crippen molar-refractivity contribution in [2.75, 3.05) is 5.43 Å². The average molecular weight is 227 g/mol.